The molecule has 1 aliphatic rings. The Hall–Kier alpha value is -2.08. The number of hydrogen-bond donors (Lipinski definition) is 1. The van der Waals surface area contributed by atoms with Crippen molar-refractivity contribution >= 4 is 11.8 Å². The van der Waals surface area contributed by atoms with Crippen LogP contribution in [0.4, 0.5) is 0 Å². The van der Waals surface area contributed by atoms with Crippen LogP contribution in [0.3, 0.4) is 0 Å². The van der Waals surface area contributed by atoms with Gasteiger partial charge in [0.1, 0.15) is 5.75 Å². The first-order valence-corrected chi connectivity index (χ1v) is 8.26. The summed E-state index contributed by atoms with van der Waals surface area (Å²) in [7, 11) is 3.22. The van der Waals surface area contributed by atoms with Gasteiger partial charge in [-0.25, -0.2) is 0 Å². The predicted octanol–water partition coefficient (Wildman–Crippen LogP) is 1.58. The smallest absolute Gasteiger partial charge is 0.225 e. The number of amides is 2. The zero-order valence-electron chi connectivity index (χ0n) is 14.6. The Morgan fingerprint density at radius 1 is 1.33 bits per heavy atom. The second-order valence-electron chi connectivity index (χ2n) is 6.00. The summed E-state index contributed by atoms with van der Waals surface area (Å²) in [5.74, 6) is 0.623. The monoisotopic (exact) mass is 334 g/mol. The Morgan fingerprint density at radius 2 is 2.08 bits per heavy atom. The number of carbonyl (C=O) groups excluding carboxylic acids is 2. The van der Waals surface area contributed by atoms with Gasteiger partial charge in [0.25, 0.3) is 0 Å². The molecule has 0 bridgehead atoms. The second kappa shape index (κ2) is 8.68. The first-order chi connectivity index (χ1) is 11.6. The summed E-state index contributed by atoms with van der Waals surface area (Å²) in [6.07, 6.45) is 0.988. The summed E-state index contributed by atoms with van der Waals surface area (Å²) in [6, 6.07) is 7.48. The van der Waals surface area contributed by atoms with Crippen LogP contribution < -0.4 is 10.1 Å². The molecule has 0 radical (unpaired) electrons. The Balaban J connectivity index is 1.97. The van der Waals surface area contributed by atoms with Crippen molar-refractivity contribution in [3.8, 4) is 5.75 Å². The molecule has 0 aliphatic carbocycles. The number of nitrogens with one attached hydrogen (secondary N) is 1. The van der Waals surface area contributed by atoms with Crippen LogP contribution >= 0.6 is 0 Å². The minimum atomic E-state index is -0.200. The highest BCUT2D eigenvalue weighted by Crippen LogP contribution is 2.25. The third-order valence-corrected chi connectivity index (χ3v) is 4.58. The van der Waals surface area contributed by atoms with Gasteiger partial charge in [-0.2, -0.15) is 0 Å². The molecule has 1 aliphatic heterocycles. The van der Waals surface area contributed by atoms with Gasteiger partial charge in [-0.3, -0.25) is 9.59 Å². The fraction of sp³-hybridized carbons (Fsp3) is 0.556. The number of likely N-dealkylation sites (tertiary alicyclic amines) is 1. The quantitative estimate of drug-likeness (QED) is 0.822. The lowest BCUT2D eigenvalue weighted by Gasteiger charge is -2.38. The van der Waals surface area contributed by atoms with Crippen molar-refractivity contribution in [2.75, 3.05) is 27.4 Å². The third-order valence-electron chi connectivity index (χ3n) is 4.58. The number of hydrogen-bond acceptors (Lipinski definition) is 4. The van der Waals surface area contributed by atoms with Crippen LogP contribution in [0, 0.1) is 5.92 Å². The molecule has 1 aromatic rings. The molecule has 1 aromatic carbocycles. The van der Waals surface area contributed by atoms with E-state index in [0.29, 0.717) is 32.5 Å². The zero-order valence-corrected chi connectivity index (χ0v) is 14.6. The molecular weight excluding hydrogens is 308 g/mol. The van der Waals surface area contributed by atoms with Gasteiger partial charge < -0.3 is 19.7 Å². The normalized spacial score (nSPS) is 20.8. The van der Waals surface area contributed by atoms with Crippen LogP contribution in [-0.4, -0.2) is 50.1 Å². The molecule has 1 fully saturated rings. The maximum atomic E-state index is 12.6. The van der Waals surface area contributed by atoms with E-state index in [0.717, 1.165) is 11.3 Å². The molecule has 6 nitrogen and oxygen atoms in total. The molecule has 132 valence electrons. The summed E-state index contributed by atoms with van der Waals surface area (Å²) in [5, 5.41) is 2.98. The number of carbonyl (C=O) groups is 2. The highest BCUT2D eigenvalue weighted by Gasteiger charge is 2.36. The fourth-order valence-corrected chi connectivity index (χ4v) is 3.14. The van der Waals surface area contributed by atoms with Crippen LogP contribution in [0.15, 0.2) is 24.3 Å². The van der Waals surface area contributed by atoms with Crippen LogP contribution in [-0.2, 0) is 20.9 Å². The average Bonchev–Trinajstić information content (AvgIpc) is 2.60. The minimum Gasteiger partial charge on any atom is -0.496 e. The molecule has 0 unspecified atom stereocenters. The first-order valence-electron chi connectivity index (χ1n) is 8.26. The van der Waals surface area contributed by atoms with E-state index < -0.39 is 0 Å². The Bertz CT molecular complexity index is 576. The van der Waals surface area contributed by atoms with Gasteiger partial charge in [-0.05, 0) is 19.4 Å². The number of ether oxygens (including phenoxy) is 2. The lowest BCUT2D eigenvalue weighted by Crippen LogP contribution is -2.52. The average molecular weight is 334 g/mol. The molecule has 1 N–H and O–H groups in total. The molecule has 2 rings (SSSR count). The topological polar surface area (TPSA) is 67.9 Å². The molecule has 1 heterocycles. The highest BCUT2D eigenvalue weighted by molar-refractivity contribution is 5.84. The van der Waals surface area contributed by atoms with Crippen molar-refractivity contribution in [2.24, 2.45) is 5.92 Å². The van der Waals surface area contributed by atoms with Crippen molar-refractivity contribution in [1.29, 1.82) is 0 Å². The van der Waals surface area contributed by atoms with E-state index in [1.54, 1.807) is 19.1 Å². The summed E-state index contributed by atoms with van der Waals surface area (Å²) in [4.78, 5) is 26.4. The molecule has 2 amide bonds. The number of nitrogens with zero attached hydrogens (tertiary/aromatic N) is 1. The lowest BCUT2D eigenvalue weighted by atomic mass is 9.89. The van der Waals surface area contributed by atoms with E-state index in [1.807, 2.05) is 31.2 Å². The van der Waals surface area contributed by atoms with Crippen molar-refractivity contribution in [1.82, 2.24) is 10.2 Å². The van der Waals surface area contributed by atoms with Crippen molar-refractivity contribution in [3.63, 3.8) is 0 Å². The second-order valence-corrected chi connectivity index (χ2v) is 6.00. The van der Waals surface area contributed by atoms with Crippen LogP contribution in [0.2, 0.25) is 0 Å². The molecule has 0 spiro atoms. The maximum Gasteiger partial charge on any atom is 0.225 e. The Morgan fingerprint density at radius 3 is 2.79 bits per heavy atom. The molecule has 1 saturated heterocycles. The van der Waals surface area contributed by atoms with E-state index >= 15 is 0 Å². The summed E-state index contributed by atoms with van der Waals surface area (Å²) in [5.41, 5.74) is 0.934. The Labute approximate surface area is 143 Å². The van der Waals surface area contributed by atoms with E-state index in [4.69, 9.17) is 9.47 Å². The molecule has 0 saturated carbocycles. The van der Waals surface area contributed by atoms with Crippen LogP contribution in [0.5, 0.6) is 5.75 Å². The SMILES string of the molecule is COCCN1C(=O)CC[C@@H](C(=O)NCc2ccccc2OC)[C@H]1C. The molecule has 2 atom stereocenters. The number of para-hydroxylation sites is 1. The van der Waals surface area contributed by atoms with Gasteiger partial charge in [-0.1, -0.05) is 18.2 Å². The van der Waals surface area contributed by atoms with Crippen molar-refractivity contribution in [2.45, 2.75) is 32.4 Å². The largest absolute Gasteiger partial charge is 0.496 e. The van der Waals surface area contributed by atoms with E-state index in [9.17, 15) is 9.59 Å². The third kappa shape index (κ3) is 4.26. The van der Waals surface area contributed by atoms with Gasteiger partial charge in [0.2, 0.25) is 11.8 Å². The molecule has 6 heteroatoms. The van der Waals surface area contributed by atoms with Gasteiger partial charge in [0.15, 0.2) is 0 Å². The van der Waals surface area contributed by atoms with Crippen LogP contribution in [0.1, 0.15) is 25.3 Å². The van der Waals surface area contributed by atoms with Crippen LogP contribution in [0.25, 0.3) is 0 Å². The number of methoxy groups -OCH3 is 2. The van der Waals surface area contributed by atoms with Gasteiger partial charge in [-0.15, -0.1) is 0 Å². The lowest BCUT2D eigenvalue weighted by molar-refractivity contribution is -0.143. The van der Waals surface area contributed by atoms with E-state index in [-0.39, 0.29) is 23.8 Å². The molecule has 0 aromatic heterocycles. The van der Waals surface area contributed by atoms with Gasteiger partial charge in [0.05, 0.1) is 19.6 Å². The van der Waals surface area contributed by atoms with E-state index in [2.05, 4.69) is 5.32 Å². The zero-order chi connectivity index (χ0) is 17.5. The van der Waals surface area contributed by atoms with Crippen molar-refractivity contribution in [3.05, 3.63) is 29.8 Å². The molecule has 24 heavy (non-hydrogen) atoms. The van der Waals surface area contributed by atoms with Crippen molar-refractivity contribution < 1.29 is 19.1 Å². The van der Waals surface area contributed by atoms with E-state index in [1.165, 1.54) is 0 Å². The van der Waals surface area contributed by atoms with Gasteiger partial charge >= 0.3 is 0 Å². The summed E-state index contributed by atoms with van der Waals surface area (Å²) < 4.78 is 10.4. The molecular formula is C18H26N2O4. The summed E-state index contributed by atoms with van der Waals surface area (Å²) in [6.45, 7) is 3.34. The number of piperidine rings is 1. The maximum absolute atomic E-state index is 12.6. The number of benzene rings is 1. The highest BCUT2D eigenvalue weighted by atomic mass is 16.5. The van der Waals surface area contributed by atoms with Gasteiger partial charge in [0, 0.05) is 38.2 Å². The minimum absolute atomic E-state index is 0.0247. The summed E-state index contributed by atoms with van der Waals surface area (Å²) >= 11 is 0. The first kappa shape index (κ1) is 18.3. The number of rotatable bonds is 7. The standard InChI is InChI=1S/C18H26N2O4/c1-13-15(8-9-17(21)20(13)10-11-23-2)18(22)19-12-14-6-4-5-7-16(14)24-3/h4-7,13,15H,8-12H2,1-3H3,(H,19,22)/t13-,15-/m1/s1. The Kier molecular flexibility index (Phi) is 6.61. The fourth-order valence-electron chi connectivity index (χ4n) is 3.14. The predicted molar refractivity (Wildman–Crippen MR) is 90.6 cm³/mol.